The summed E-state index contributed by atoms with van der Waals surface area (Å²) in [6.45, 7) is 1.71. The average Bonchev–Trinajstić information content (AvgIpc) is 2.74. The van der Waals surface area contributed by atoms with E-state index in [1.807, 2.05) is 0 Å². The highest BCUT2D eigenvalue weighted by Crippen LogP contribution is 2.39. The van der Waals surface area contributed by atoms with Gasteiger partial charge in [0.05, 0.1) is 5.39 Å². The van der Waals surface area contributed by atoms with Crippen LogP contribution in [-0.2, 0) is 12.8 Å². The molecule has 0 N–H and O–H groups in total. The van der Waals surface area contributed by atoms with E-state index >= 15 is 0 Å². The Morgan fingerprint density at radius 3 is 2.30 bits per heavy atom. The smallest absolute Gasteiger partial charge is 0.453 e. The lowest BCUT2D eigenvalue weighted by molar-refractivity contribution is -0.154. The summed E-state index contributed by atoms with van der Waals surface area (Å²) in [6, 6.07) is 15.2. The van der Waals surface area contributed by atoms with E-state index in [0.717, 1.165) is 5.56 Å². The van der Waals surface area contributed by atoms with Gasteiger partial charge in [-0.15, -0.1) is 0 Å². The van der Waals surface area contributed by atoms with Gasteiger partial charge < -0.3 is 13.9 Å². The average molecular weight is 495 g/mol. The maximum atomic E-state index is 13.7. The van der Waals surface area contributed by atoms with Crippen molar-refractivity contribution < 1.29 is 27.1 Å². The molecule has 0 saturated heterocycles. The van der Waals surface area contributed by atoms with E-state index in [0.29, 0.717) is 15.6 Å². The standard InChI is InChI=1S/C24H15Cl2F3O4/c1-13-4-2-5-15(10-13)32-22-21(30)16-9-8-14(11-20(16)33-23(22)24(27,28)29)31-12-17-18(25)6-3-7-19(17)26/h2-11H,12H2,1H3. The van der Waals surface area contributed by atoms with Crippen LogP contribution < -0.4 is 14.9 Å². The van der Waals surface area contributed by atoms with Crippen LogP contribution in [0.3, 0.4) is 0 Å². The molecule has 0 amide bonds. The number of alkyl halides is 3. The largest absolute Gasteiger partial charge is 0.489 e. The minimum absolute atomic E-state index is 0.0328. The van der Waals surface area contributed by atoms with E-state index in [2.05, 4.69) is 0 Å². The molecule has 0 aliphatic heterocycles. The van der Waals surface area contributed by atoms with Crippen molar-refractivity contribution >= 4 is 34.2 Å². The number of halogens is 5. The second kappa shape index (κ2) is 9.00. The highest BCUT2D eigenvalue weighted by atomic mass is 35.5. The molecule has 0 unspecified atom stereocenters. The summed E-state index contributed by atoms with van der Waals surface area (Å²) >= 11 is 12.2. The van der Waals surface area contributed by atoms with Crippen molar-refractivity contribution in [3.05, 3.63) is 97.8 Å². The van der Waals surface area contributed by atoms with E-state index < -0.39 is 23.1 Å². The fourth-order valence-electron chi connectivity index (χ4n) is 3.15. The summed E-state index contributed by atoms with van der Waals surface area (Å²) in [5.41, 5.74) is 0.0179. The fraction of sp³-hybridized carbons (Fsp3) is 0.125. The second-order valence-corrected chi connectivity index (χ2v) is 7.97. The van der Waals surface area contributed by atoms with Crippen molar-refractivity contribution in [1.82, 2.24) is 0 Å². The summed E-state index contributed by atoms with van der Waals surface area (Å²) in [7, 11) is 0. The van der Waals surface area contributed by atoms with E-state index in [4.69, 9.17) is 37.1 Å². The quantitative estimate of drug-likeness (QED) is 0.284. The van der Waals surface area contributed by atoms with Crippen LogP contribution in [0.15, 0.2) is 69.9 Å². The molecule has 0 atom stereocenters. The summed E-state index contributed by atoms with van der Waals surface area (Å²) < 4.78 is 57.2. The van der Waals surface area contributed by atoms with E-state index in [-0.39, 0.29) is 29.1 Å². The van der Waals surface area contributed by atoms with Gasteiger partial charge in [0.15, 0.2) is 0 Å². The molecule has 4 nitrogen and oxygen atoms in total. The number of hydrogen-bond acceptors (Lipinski definition) is 4. The molecule has 0 aliphatic carbocycles. The number of aryl methyl sites for hydroxylation is 1. The Morgan fingerprint density at radius 2 is 1.64 bits per heavy atom. The summed E-state index contributed by atoms with van der Waals surface area (Å²) in [6.07, 6.45) is -4.96. The van der Waals surface area contributed by atoms with Gasteiger partial charge in [-0.3, -0.25) is 4.79 Å². The SMILES string of the molecule is Cc1cccc(Oc2c(C(F)(F)F)oc3cc(OCc4c(Cl)cccc4Cl)ccc3c2=O)c1. The highest BCUT2D eigenvalue weighted by molar-refractivity contribution is 6.35. The summed E-state index contributed by atoms with van der Waals surface area (Å²) in [4.78, 5) is 12.9. The van der Waals surface area contributed by atoms with E-state index in [1.165, 1.54) is 30.3 Å². The third kappa shape index (κ3) is 4.94. The van der Waals surface area contributed by atoms with Crippen LogP contribution in [-0.4, -0.2) is 0 Å². The molecule has 0 bridgehead atoms. The predicted octanol–water partition coefficient (Wildman–Crippen LogP) is 7.80. The van der Waals surface area contributed by atoms with Gasteiger partial charge in [-0.2, -0.15) is 13.2 Å². The van der Waals surface area contributed by atoms with Crippen molar-refractivity contribution in [2.45, 2.75) is 19.7 Å². The first-order valence-corrected chi connectivity index (χ1v) is 10.4. The van der Waals surface area contributed by atoms with Crippen LogP contribution in [0.5, 0.6) is 17.2 Å². The highest BCUT2D eigenvalue weighted by Gasteiger charge is 2.40. The second-order valence-electron chi connectivity index (χ2n) is 7.15. The monoisotopic (exact) mass is 494 g/mol. The lowest BCUT2D eigenvalue weighted by Crippen LogP contribution is -2.15. The van der Waals surface area contributed by atoms with Crippen molar-refractivity contribution in [2.75, 3.05) is 0 Å². The predicted molar refractivity (Wildman–Crippen MR) is 120 cm³/mol. The Morgan fingerprint density at radius 1 is 0.939 bits per heavy atom. The minimum atomic E-state index is -4.96. The topological polar surface area (TPSA) is 48.7 Å². The van der Waals surface area contributed by atoms with Crippen molar-refractivity contribution in [3.8, 4) is 17.2 Å². The van der Waals surface area contributed by atoms with E-state index in [1.54, 1.807) is 37.3 Å². The fourth-order valence-corrected chi connectivity index (χ4v) is 3.65. The Labute approximate surface area is 196 Å². The molecule has 9 heteroatoms. The van der Waals surface area contributed by atoms with Crippen molar-refractivity contribution in [3.63, 3.8) is 0 Å². The lowest BCUT2D eigenvalue weighted by atomic mass is 10.2. The zero-order valence-corrected chi connectivity index (χ0v) is 18.5. The number of hydrogen-bond donors (Lipinski definition) is 0. The van der Waals surface area contributed by atoms with Crippen molar-refractivity contribution in [1.29, 1.82) is 0 Å². The summed E-state index contributed by atoms with van der Waals surface area (Å²) in [5.74, 6) is -2.21. The van der Waals surface area contributed by atoms with Crippen LogP contribution >= 0.6 is 23.2 Å². The number of benzene rings is 3. The summed E-state index contributed by atoms with van der Waals surface area (Å²) in [5, 5.41) is 0.674. The van der Waals surface area contributed by atoms with Gasteiger partial charge in [0, 0.05) is 21.7 Å². The minimum Gasteiger partial charge on any atom is -0.489 e. The molecule has 0 saturated carbocycles. The maximum Gasteiger partial charge on any atom is 0.453 e. The Bertz CT molecular complexity index is 1380. The first-order chi connectivity index (χ1) is 15.6. The van der Waals surface area contributed by atoms with Crippen LogP contribution in [0.2, 0.25) is 10.0 Å². The van der Waals surface area contributed by atoms with Crippen LogP contribution in [0.4, 0.5) is 13.2 Å². The molecule has 33 heavy (non-hydrogen) atoms. The third-order valence-electron chi connectivity index (χ3n) is 4.73. The number of fused-ring (bicyclic) bond motifs is 1. The molecule has 1 heterocycles. The first kappa shape index (κ1) is 23.0. The number of rotatable bonds is 5. The molecule has 0 radical (unpaired) electrons. The molecule has 3 aromatic carbocycles. The van der Waals surface area contributed by atoms with Gasteiger partial charge in [-0.1, -0.05) is 41.4 Å². The molecule has 0 fully saturated rings. The Kier molecular flexibility index (Phi) is 6.28. The molecule has 1 aromatic heterocycles. The van der Waals surface area contributed by atoms with Gasteiger partial charge in [0.1, 0.15) is 23.7 Å². The normalized spacial score (nSPS) is 11.6. The molecule has 0 spiro atoms. The van der Waals surface area contributed by atoms with Gasteiger partial charge in [0.2, 0.25) is 11.2 Å². The molecule has 0 aliphatic rings. The third-order valence-corrected chi connectivity index (χ3v) is 5.44. The molecular formula is C24H15Cl2F3O4. The Hall–Kier alpha value is -3.16. The van der Waals surface area contributed by atoms with Gasteiger partial charge >= 0.3 is 6.18 Å². The Balaban J connectivity index is 1.74. The molecule has 4 aromatic rings. The van der Waals surface area contributed by atoms with Gasteiger partial charge in [-0.05, 0) is 48.9 Å². The lowest BCUT2D eigenvalue weighted by Gasteiger charge is -2.14. The first-order valence-electron chi connectivity index (χ1n) is 9.62. The molecular weight excluding hydrogens is 480 g/mol. The molecule has 4 rings (SSSR count). The van der Waals surface area contributed by atoms with Crippen LogP contribution in [0.1, 0.15) is 16.9 Å². The number of ether oxygens (including phenoxy) is 2. The van der Waals surface area contributed by atoms with Crippen LogP contribution in [0.25, 0.3) is 11.0 Å². The zero-order valence-electron chi connectivity index (χ0n) is 17.0. The van der Waals surface area contributed by atoms with Crippen molar-refractivity contribution in [2.24, 2.45) is 0 Å². The molecule has 170 valence electrons. The van der Waals surface area contributed by atoms with Gasteiger partial charge in [0.25, 0.3) is 5.76 Å². The van der Waals surface area contributed by atoms with Crippen LogP contribution in [0, 0.1) is 6.92 Å². The zero-order chi connectivity index (χ0) is 23.8. The maximum absolute atomic E-state index is 13.7. The van der Waals surface area contributed by atoms with Gasteiger partial charge in [-0.25, -0.2) is 0 Å². The van der Waals surface area contributed by atoms with E-state index in [9.17, 15) is 18.0 Å².